The van der Waals surface area contributed by atoms with Gasteiger partial charge in [-0.05, 0) is 18.4 Å². The van der Waals surface area contributed by atoms with Crippen molar-refractivity contribution in [3.8, 4) is 0 Å². The molecule has 5 heteroatoms. The van der Waals surface area contributed by atoms with Gasteiger partial charge in [0.1, 0.15) is 0 Å². The third-order valence-corrected chi connectivity index (χ3v) is 3.86. The molecular formula is C16H23N3O2. The van der Waals surface area contributed by atoms with Crippen LogP contribution in [0.1, 0.15) is 43.7 Å². The molecule has 1 heterocycles. The Morgan fingerprint density at radius 2 is 1.71 bits per heavy atom. The summed E-state index contributed by atoms with van der Waals surface area (Å²) in [5.41, 5.74) is 6.14. The van der Waals surface area contributed by atoms with Gasteiger partial charge in [-0.2, -0.15) is 0 Å². The van der Waals surface area contributed by atoms with Gasteiger partial charge >= 0.3 is 6.03 Å². The fourth-order valence-corrected chi connectivity index (χ4v) is 2.73. The molecule has 1 aliphatic heterocycles. The van der Waals surface area contributed by atoms with Gasteiger partial charge in [-0.25, -0.2) is 4.79 Å². The Bertz CT molecular complexity index is 468. The Kier molecular flexibility index (Phi) is 5.60. The van der Waals surface area contributed by atoms with Crippen molar-refractivity contribution < 1.29 is 9.59 Å². The highest BCUT2D eigenvalue weighted by Crippen LogP contribution is 2.19. The first-order valence-electron chi connectivity index (χ1n) is 7.55. The molecule has 0 aromatic heterocycles. The van der Waals surface area contributed by atoms with Gasteiger partial charge in [0.2, 0.25) is 5.91 Å². The molecule has 1 aromatic rings. The molecule has 21 heavy (non-hydrogen) atoms. The zero-order valence-electron chi connectivity index (χ0n) is 12.3. The highest BCUT2D eigenvalue weighted by atomic mass is 16.2. The van der Waals surface area contributed by atoms with E-state index in [-0.39, 0.29) is 18.4 Å². The number of primary amides is 1. The number of benzene rings is 1. The third kappa shape index (κ3) is 4.77. The summed E-state index contributed by atoms with van der Waals surface area (Å²) in [5.74, 6) is 0.0829. The summed E-state index contributed by atoms with van der Waals surface area (Å²) in [6, 6.07) is 8.52. The third-order valence-electron chi connectivity index (χ3n) is 3.86. The van der Waals surface area contributed by atoms with Gasteiger partial charge in [-0.1, -0.05) is 43.2 Å². The average Bonchev–Trinajstić information content (AvgIpc) is 2.76. The number of likely N-dealkylation sites (tertiary alicyclic amines) is 1. The molecular weight excluding hydrogens is 266 g/mol. The Morgan fingerprint density at radius 1 is 1.10 bits per heavy atom. The van der Waals surface area contributed by atoms with E-state index in [4.69, 9.17) is 5.73 Å². The minimum Gasteiger partial charge on any atom is -0.352 e. The van der Waals surface area contributed by atoms with Gasteiger partial charge in [-0.15, -0.1) is 0 Å². The lowest BCUT2D eigenvalue weighted by Crippen LogP contribution is -2.38. The summed E-state index contributed by atoms with van der Waals surface area (Å²) in [7, 11) is 0. The molecule has 1 aromatic carbocycles. The monoisotopic (exact) mass is 289 g/mol. The van der Waals surface area contributed by atoms with Gasteiger partial charge in [0.25, 0.3) is 0 Å². The predicted molar refractivity (Wildman–Crippen MR) is 81.6 cm³/mol. The fraction of sp³-hybridized carbons (Fsp3) is 0.500. The summed E-state index contributed by atoms with van der Waals surface area (Å²) in [6.45, 7) is 1.63. The first kappa shape index (κ1) is 15.4. The zero-order chi connectivity index (χ0) is 15.1. The fourth-order valence-electron chi connectivity index (χ4n) is 2.73. The number of nitrogens with zero attached hydrogens (tertiary/aromatic N) is 1. The van der Waals surface area contributed by atoms with Gasteiger partial charge in [0.15, 0.2) is 0 Å². The van der Waals surface area contributed by atoms with Crippen LogP contribution in [0.4, 0.5) is 4.79 Å². The Labute approximate surface area is 125 Å². The summed E-state index contributed by atoms with van der Waals surface area (Å²) in [5, 5.41) is 2.67. The minimum atomic E-state index is -0.604. The molecule has 1 saturated heterocycles. The standard InChI is InChI=1S/C16H23N3O2/c17-16(21)18-14(13-8-4-3-5-9-13)12-15(20)19-10-6-1-2-7-11-19/h3-5,8-9,14H,1-2,6-7,10-12H2,(H3,17,18,21). The number of amides is 3. The normalized spacial score (nSPS) is 16.9. The average molecular weight is 289 g/mol. The van der Waals surface area contributed by atoms with E-state index in [0.717, 1.165) is 31.5 Å². The second-order valence-electron chi connectivity index (χ2n) is 5.47. The SMILES string of the molecule is NC(=O)NC(CC(=O)N1CCCCCC1)c1ccccc1. The molecule has 2 rings (SSSR count). The molecule has 1 aliphatic rings. The molecule has 0 radical (unpaired) electrons. The van der Waals surface area contributed by atoms with Crippen molar-refractivity contribution in [1.82, 2.24) is 10.2 Å². The van der Waals surface area contributed by atoms with Crippen molar-refractivity contribution in [3.05, 3.63) is 35.9 Å². The van der Waals surface area contributed by atoms with E-state index in [1.165, 1.54) is 12.8 Å². The number of nitrogens with one attached hydrogen (secondary N) is 1. The van der Waals surface area contributed by atoms with Crippen LogP contribution in [0.15, 0.2) is 30.3 Å². The first-order chi connectivity index (χ1) is 10.2. The van der Waals surface area contributed by atoms with Gasteiger partial charge in [-0.3, -0.25) is 4.79 Å². The Balaban J connectivity index is 2.03. The van der Waals surface area contributed by atoms with Crippen LogP contribution in [0.5, 0.6) is 0 Å². The lowest BCUT2D eigenvalue weighted by atomic mass is 10.0. The quantitative estimate of drug-likeness (QED) is 0.891. The summed E-state index contributed by atoms with van der Waals surface area (Å²) in [4.78, 5) is 25.5. The smallest absolute Gasteiger partial charge is 0.312 e. The van der Waals surface area contributed by atoms with Crippen LogP contribution in [-0.2, 0) is 4.79 Å². The minimum absolute atomic E-state index is 0.0829. The molecule has 1 fully saturated rings. The first-order valence-corrected chi connectivity index (χ1v) is 7.55. The highest BCUT2D eigenvalue weighted by molar-refractivity contribution is 5.79. The van der Waals surface area contributed by atoms with Crippen molar-refractivity contribution >= 4 is 11.9 Å². The molecule has 114 valence electrons. The molecule has 0 aliphatic carbocycles. The largest absolute Gasteiger partial charge is 0.352 e. The van der Waals surface area contributed by atoms with E-state index in [1.54, 1.807) is 0 Å². The van der Waals surface area contributed by atoms with Crippen molar-refractivity contribution in [2.45, 2.75) is 38.1 Å². The molecule has 0 spiro atoms. The lowest BCUT2D eigenvalue weighted by molar-refractivity contribution is -0.131. The number of nitrogens with two attached hydrogens (primary N) is 1. The number of urea groups is 1. The van der Waals surface area contributed by atoms with Crippen molar-refractivity contribution in [2.24, 2.45) is 5.73 Å². The molecule has 3 N–H and O–H groups in total. The van der Waals surface area contributed by atoms with Crippen molar-refractivity contribution in [1.29, 1.82) is 0 Å². The maximum Gasteiger partial charge on any atom is 0.312 e. The van der Waals surface area contributed by atoms with Crippen LogP contribution in [0.3, 0.4) is 0 Å². The number of rotatable bonds is 4. The van der Waals surface area contributed by atoms with E-state index >= 15 is 0 Å². The number of carbonyl (C=O) groups excluding carboxylic acids is 2. The van der Waals surface area contributed by atoms with Crippen LogP contribution in [-0.4, -0.2) is 29.9 Å². The number of hydrogen-bond donors (Lipinski definition) is 2. The van der Waals surface area contributed by atoms with Crippen molar-refractivity contribution in [2.75, 3.05) is 13.1 Å². The summed E-state index contributed by atoms with van der Waals surface area (Å²) in [6.07, 6.45) is 4.75. The van der Waals surface area contributed by atoms with Gasteiger partial charge < -0.3 is 16.0 Å². The van der Waals surface area contributed by atoms with Crippen LogP contribution in [0.2, 0.25) is 0 Å². The summed E-state index contributed by atoms with van der Waals surface area (Å²) >= 11 is 0. The van der Waals surface area contributed by atoms with Crippen LogP contribution >= 0.6 is 0 Å². The van der Waals surface area contributed by atoms with E-state index in [9.17, 15) is 9.59 Å². The second kappa shape index (κ2) is 7.67. The second-order valence-corrected chi connectivity index (χ2v) is 5.47. The van der Waals surface area contributed by atoms with E-state index < -0.39 is 6.03 Å². The van der Waals surface area contributed by atoms with Crippen LogP contribution in [0.25, 0.3) is 0 Å². The Morgan fingerprint density at radius 3 is 2.29 bits per heavy atom. The Hall–Kier alpha value is -2.04. The van der Waals surface area contributed by atoms with Crippen LogP contribution in [0, 0.1) is 0 Å². The molecule has 0 bridgehead atoms. The van der Waals surface area contributed by atoms with Gasteiger partial charge in [0, 0.05) is 13.1 Å². The molecule has 1 atom stereocenters. The maximum atomic E-state index is 12.4. The highest BCUT2D eigenvalue weighted by Gasteiger charge is 2.22. The molecule has 3 amide bonds. The molecule has 1 unspecified atom stereocenters. The zero-order valence-corrected chi connectivity index (χ0v) is 12.3. The number of hydrogen-bond acceptors (Lipinski definition) is 2. The van der Waals surface area contributed by atoms with Gasteiger partial charge in [0.05, 0.1) is 12.5 Å². The van der Waals surface area contributed by atoms with E-state index in [0.29, 0.717) is 0 Å². The maximum absolute atomic E-state index is 12.4. The van der Waals surface area contributed by atoms with Crippen LogP contribution < -0.4 is 11.1 Å². The van der Waals surface area contributed by atoms with Crippen molar-refractivity contribution in [3.63, 3.8) is 0 Å². The van der Waals surface area contributed by atoms with E-state index in [1.807, 2.05) is 35.2 Å². The number of carbonyl (C=O) groups is 2. The predicted octanol–water partition coefficient (Wildman–Crippen LogP) is 2.19. The molecule has 0 saturated carbocycles. The molecule has 5 nitrogen and oxygen atoms in total. The van der Waals surface area contributed by atoms with E-state index in [2.05, 4.69) is 5.32 Å². The lowest BCUT2D eigenvalue weighted by Gasteiger charge is -2.24. The summed E-state index contributed by atoms with van der Waals surface area (Å²) < 4.78 is 0. The topological polar surface area (TPSA) is 75.4 Å².